The third-order valence-electron chi connectivity index (χ3n) is 2.09. The van der Waals surface area contributed by atoms with E-state index in [4.69, 9.17) is 17.3 Å². The molecule has 8 heteroatoms. The van der Waals surface area contributed by atoms with Gasteiger partial charge in [0, 0.05) is 6.92 Å². The van der Waals surface area contributed by atoms with Crippen LogP contribution in [0.2, 0.25) is 5.15 Å². The van der Waals surface area contributed by atoms with Gasteiger partial charge >= 0.3 is 0 Å². The number of nitrogens with zero attached hydrogens (tertiary/aromatic N) is 3. The largest absolute Gasteiger partial charge is 0.396 e. The summed E-state index contributed by atoms with van der Waals surface area (Å²) in [6.07, 6.45) is 0. The molecule has 18 heavy (non-hydrogen) atoms. The fourth-order valence-corrected chi connectivity index (χ4v) is 2.40. The van der Waals surface area contributed by atoms with Crippen molar-refractivity contribution in [1.82, 2.24) is 15.2 Å². The van der Waals surface area contributed by atoms with E-state index in [2.05, 4.69) is 20.5 Å². The van der Waals surface area contributed by atoms with Gasteiger partial charge in [-0.3, -0.25) is 4.79 Å². The van der Waals surface area contributed by atoms with Gasteiger partial charge in [-0.15, -0.1) is 10.2 Å². The first-order valence-electron chi connectivity index (χ1n) is 5.01. The second-order valence-corrected chi connectivity index (χ2v) is 4.95. The van der Waals surface area contributed by atoms with Crippen LogP contribution in [-0.2, 0) is 4.79 Å². The summed E-state index contributed by atoms with van der Waals surface area (Å²) < 4.78 is 0. The van der Waals surface area contributed by atoms with Crippen LogP contribution in [0.3, 0.4) is 0 Å². The molecule has 1 amide bonds. The zero-order chi connectivity index (χ0) is 13.3. The van der Waals surface area contributed by atoms with Crippen LogP contribution < -0.4 is 11.1 Å². The van der Waals surface area contributed by atoms with Crippen LogP contribution in [0.25, 0.3) is 10.6 Å². The summed E-state index contributed by atoms with van der Waals surface area (Å²) in [6, 6.07) is 1.63. The standard InChI is InChI=1S/C10H10ClN5OS/c1-4-8(18-10(13-4)14-5(2)17)7-3-6(12)9(11)16-15-7/h3H,1-2H3,(H2,12,15)(H,13,14,17). The highest BCUT2D eigenvalue weighted by molar-refractivity contribution is 7.19. The number of hydrogen-bond acceptors (Lipinski definition) is 6. The molecule has 94 valence electrons. The van der Waals surface area contributed by atoms with E-state index in [-0.39, 0.29) is 11.1 Å². The maximum absolute atomic E-state index is 11.0. The molecule has 2 aromatic heterocycles. The molecule has 0 radical (unpaired) electrons. The molecule has 2 aromatic rings. The van der Waals surface area contributed by atoms with Crippen LogP contribution in [0, 0.1) is 6.92 Å². The van der Waals surface area contributed by atoms with Crippen LogP contribution in [0.1, 0.15) is 12.6 Å². The number of thiazole rings is 1. The van der Waals surface area contributed by atoms with Crippen molar-refractivity contribution in [3.05, 3.63) is 16.9 Å². The Morgan fingerprint density at radius 2 is 2.22 bits per heavy atom. The highest BCUT2D eigenvalue weighted by Gasteiger charge is 2.13. The number of halogens is 1. The van der Waals surface area contributed by atoms with Crippen LogP contribution in [0.15, 0.2) is 6.07 Å². The number of nitrogens with one attached hydrogen (secondary N) is 1. The Morgan fingerprint density at radius 3 is 2.83 bits per heavy atom. The van der Waals surface area contributed by atoms with Crippen LogP contribution >= 0.6 is 22.9 Å². The number of anilines is 2. The number of nitrogens with two attached hydrogens (primary N) is 1. The van der Waals surface area contributed by atoms with E-state index >= 15 is 0 Å². The van der Waals surface area contributed by atoms with Crippen molar-refractivity contribution in [3.63, 3.8) is 0 Å². The summed E-state index contributed by atoms with van der Waals surface area (Å²) in [5.74, 6) is -0.169. The van der Waals surface area contributed by atoms with Gasteiger partial charge in [-0.05, 0) is 13.0 Å². The van der Waals surface area contributed by atoms with Gasteiger partial charge in [-0.25, -0.2) is 4.98 Å². The summed E-state index contributed by atoms with van der Waals surface area (Å²) in [4.78, 5) is 16.0. The van der Waals surface area contributed by atoms with E-state index in [0.717, 1.165) is 10.6 Å². The molecule has 0 bridgehead atoms. The van der Waals surface area contributed by atoms with Gasteiger partial charge in [0.15, 0.2) is 10.3 Å². The lowest BCUT2D eigenvalue weighted by Crippen LogP contribution is -2.04. The number of hydrogen-bond donors (Lipinski definition) is 2. The monoisotopic (exact) mass is 283 g/mol. The molecule has 0 aliphatic heterocycles. The molecule has 0 aliphatic rings. The van der Waals surface area contributed by atoms with Gasteiger partial charge in [0.05, 0.1) is 16.3 Å². The lowest BCUT2D eigenvalue weighted by Gasteiger charge is -1.99. The molecule has 0 unspecified atom stereocenters. The third kappa shape index (κ3) is 2.57. The summed E-state index contributed by atoms with van der Waals surface area (Å²) in [5.41, 5.74) is 7.37. The molecule has 2 heterocycles. The lowest BCUT2D eigenvalue weighted by molar-refractivity contribution is -0.114. The van der Waals surface area contributed by atoms with Gasteiger partial charge in [-0.2, -0.15) is 0 Å². The van der Waals surface area contributed by atoms with Gasteiger partial charge < -0.3 is 11.1 Å². The Bertz CT molecular complexity index is 612. The minimum atomic E-state index is -0.169. The Balaban J connectivity index is 2.41. The average molecular weight is 284 g/mol. The Labute approximate surface area is 112 Å². The first kappa shape index (κ1) is 12.7. The van der Waals surface area contributed by atoms with Gasteiger partial charge in [0.2, 0.25) is 5.91 Å². The summed E-state index contributed by atoms with van der Waals surface area (Å²) in [6.45, 7) is 3.25. The summed E-state index contributed by atoms with van der Waals surface area (Å²) in [7, 11) is 0. The van der Waals surface area contributed by atoms with Crippen LogP contribution in [0.5, 0.6) is 0 Å². The number of carbonyl (C=O) groups excluding carboxylic acids is 1. The summed E-state index contributed by atoms with van der Waals surface area (Å²) >= 11 is 7.03. The molecule has 0 atom stereocenters. The first-order chi connectivity index (χ1) is 8.47. The predicted octanol–water partition coefficient (Wildman–Crippen LogP) is 2.10. The third-order valence-corrected chi connectivity index (χ3v) is 3.48. The smallest absolute Gasteiger partial charge is 0.223 e. The minimum absolute atomic E-state index is 0.169. The topological polar surface area (TPSA) is 93.8 Å². The average Bonchev–Trinajstić information content (AvgIpc) is 2.62. The van der Waals surface area contributed by atoms with Crippen LogP contribution in [0.4, 0.5) is 10.8 Å². The van der Waals surface area contributed by atoms with Crippen LogP contribution in [-0.4, -0.2) is 21.1 Å². The fraction of sp³-hybridized carbons (Fsp3) is 0.200. The maximum atomic E-state index is 11.0. The zero-order valence-electron chi connectivity index (χ0n) is 9.69. The van der Waals surface area contributed by atoms with E-state index in [0.29, 0.717) is 16.5 Å². The molecule has 0 aromatic carbocycles. The number of rotatable bonds is 2. The Kier molecular flexibility index (Phi) is 3.44. The highest BCUT2D eigenvalue weighted by atomic mass is 35.5. The van der Waals surface area contributed by atoms with E-state index in [9.17, 15) is 4.79 Å². The second-order valence-electron chi connectivity index (χ2n) is 3.59. The molecule has 3 N–H and O–H groups in total. The number of aromatic nitrogens is 3. The quantitative estimate of drug-likeness (QED) is 0.880. The Morgan fingerprint density at radius 1 is 1.50 bits per heavy atom. The SMILES string of the molecule is CC(=O)Nc1nc(C)c(-c2cc(N)c(Cl)nn2)s1. The van der Waals surface area contributed by atoms with Crippen molar-refractivity contribution in [2.24, 2.45) is 0 Å². The molecule has 0 saturated heterocycles. The van der Waals surface area contributed by atoms with E-state index in [1.54, 1.807) is 6.07 Å². The van der Waals surface area contributed by atoms with Crippen molar-refractivity contribution < 1.29 is 4.79 Å². The highest BCUT2D eigenvalue weighted by Crippen LogP contribution is 2.32. The minimum Gasteiger partial charge on any atom is -0.396 e. The van der Waals surface area contributed by atoms with Crippen molar-refractivity contribution in [2.45, 2.75) is 13.8 Å². The van der Waals surface area contributed by atoms with Gasteiger partial charge in [-0.1, -0.05) is 22.9 Å². The lowest BCUT2D eigenvalue weighted by atomic mass is 10.3. The maximum Gasteiger partial charge on any atom is 0.223 e. The summed E-state index contributed by atoms with van der Waals surface area (Å²) in [5, 5.41) is 11.0. The fourth-order valence-electron chi connectivity index (χ4n) is 1.34. The molecule has 0 fully saturated rings. The second kappa shape index (κ2) is 4.87. The number of carbonyl (C=O) groups is 1. The molecular formula is C10H10ClN5OS. The Hall–Kier alpha value is -1.73. The van der Waals surface area contributed by atoms with Crippen molar-refractivity contribution in [1.29, 1.82) is 0 Å². The molecule has 0 saturated carbocycles. The number of amides is 1. The first-order valence-corrected chi connectivity index (χ1v) is 6.21. The van der Waals surface area contributed by atoms with Crippen molar-refractivity contribution in [2.75, 3.05) is 11.1 Å². The normalized spacial score (nSPS) is 10.4. The number of nitrogen functional groups attached to an aromatic ring is 1. The zero-order valence-corrected chi connectivity index (χ0v) is 11.3. The molecule has 6 nitrogen and oxygen atoms in total. The van der Waals surface area contributed by atoms with Crippen molar-refractivity contribution in [3.8, 4) is 10.6 Å². The number of aryl methyl sites for hydroxylation is 1. The van der Waals surface area contributed by atoms with Gasteiger partial charge in [0.1, 0.15) is 5.69 Å². The molecular weight excluding hydrogens is 274 g/mol. The molecule has 0 spiro atoms. The predicted molar refractivity (Wildman–Crippen MR) is 71.6 cm³/mol. The molecule has 2 rings (SSSR count). The molecule has 0 aliphatic carbocycles. The van der Waals surface area contributed by atoms with Gasteiger partial charge in [0.25, 0.3) is 0 Å². The van der Waals surface area contributed by atoms with Crippen molar-refractivity contribution >= 4 is 39.7 Å². The van der Waals surface area contributed by atoms with E-state index < -0.39 is 0 Å². The van der Waals surface area contributed by atoms with E-state index in [1.165, 1.54) is 18.3 Å². The van der Waals surface area contributed by atoms with E-state index in [1.807, 2.05) is 6.92 Å².